The van der Waals surface area contributed by atoms with Crippen LogP contribution in [0.3, 0.4) is 0 Å². The van der Waals surface area contributed by atoms with Crippen molar-refractivity contribution in [3.63, 3.8) is 0 Å². The lowest BCUT2D eigenvalue weighted by molar-refractivity contribution is -0.149. The Bertz CT molecular complexity index is 548. The highest BCUT2D eigenvalue weighted by Crippen LogP contribution is 2.33. The fourth-order valence-electron chi connectivity index (χ4n) is 2.56. The number of alkyl halides is 3. The van der Waals surface area contributed by atoms with E-state index in [0.29, 0.717) is 30.9 Å². The van der Waals surface area contributed by atoms with Crippen LogP contribution in [0.5, 0.6) is 0 Å². The zero-order valence-corrected chi connectivity index (χ0v) is 12.3. The summed E-state index contributed by atoms with van der Waals surface area (Å²) in [5, 5.41) is 5.50. The molecular formula is C13H19F3N4O. The van der Waals surface area contributed by atoms with Gasteiger partial charge in [0, 0.05) is 38.8 Å². The lowest BCUT2D eigenvalue weighted by atomic mass is 9.92. The number of hydrogen-bond acceptors (Lipinski definition) is 3. The summed E-state index contributed by atoms with van der Waals surface area (Å²) in [6.07, 6.45) is -4.06. The first-order chi connectivity index (χ1) is 9.66. The van der Waals surface area contributed by atoms with Gasteiger partial charge in [0.2, 0.25) is 11.7 Å². The van der Waals surface area contributed by atoms with Gasteiger partial charge in [-0.3, -0.25) is 4.79 Å². The molecule has 0 fully saturated rings. The van der Waals surface area contributed by atoms with Gasteiger partial charge in [-0.25, -0.2) is 4.98 Å². The molecule has 1 aromatic heterocycles. The molecule has 0 atom stereocenters. The average molecular weight is 304 g/mol. The fraction of sp³-hybridized carbons (Fsp3) is 0.692. The first kappa shape index (κ1) is 15.8. The van der Waals surface area contributed by atoms with Crippen molar-refractivity contribution in [2.24, 2.45) is 5.41 Å². The van der Waals surface area contributed by atoms with Crippen molar-refractivity contribution in [1.29, 1.82) is 0 Å². The summed E-state index contributed by atoms with van der Waals surface area (Å²) >= 11 is 0. The van der Waals surface area contributed by atoms with Crippen LogP contribution in [-0.2, 0) is 30.5 Å². The van der Waals surface area contributed by atoms with Crippen LogP contribution in [-0.4, -0.2) is 29.1 Å². The standard InChI is InChI=1S/C13H19F3N4O/c1-12(2,11(21)17-3)7-20-9-4-5-18-6-8(9)19-10(20)13(14,15)16/h18H,4-7H2,1-3H3,(H,17,21). The van der Waals surface area contributed by atoms with Crippen molar-refractivity contribution >= 4 is 5.91 Å². The normalized spacial score (nSPS) is 15.7. The third-order valence-electron chi connectivity index (χ3n) is 3.64. The van der Waals surface area contributed by atoms with Crippen molar-refractivity contribution in [3.05, 3.63) is 17.2 Å². The summed E-state index contributed by atoms with van der Waals surface area (Å²) < 4.78 is 40.7. The van der Waals surface area contributed by atoms with Gasteiger partial charge in [-0.1, -0.05) is 0 Å². The maximum absolute atomic E-state index is 13.2. The minimum atomic E-state index is -4.53. The van der Waals surface area contributed by atoms with Gasteiger partial charge in [0.15, 0.2) is 0 Å². The minimum absolute atomic E-state index is 0.0517. The molecule has 0 radical (unpaired) electrons. The highest BCUT2D eigenvalue weighted by molar-refractivity contribution is 5.81. The maximum atomic E-state index is 13.2. The molecule has 1 aliphatic heterocycles. The molecule has 5 nitrogen and oxygen atoms in total. The Labute approximate surface area is 120 Å². The van der Waals surface area contributed by atoms with Crippen molar-refractivity contribution in [2.75, 3.05) is 13.6 Å². The van der Waals surface area contributed by atoms with E-state index in [0.717, 1.165) is 4.57 Å². The Morgan fingerprint density at radius 2 is 2.10 bits per heavy atom. The number of nitrogens with zero attached hydrogens (tertiary/aromatic N) is 2. The molecule has 118 valence electrons. The minimum Gasteiger partial charge on any atom is -0.359 e. The van der Waals surface area contributed by atoms with E-state index in [1.807, 2.05) is 0 Å². The molecule has 1 aromatic rings. The van der Waals surface area contributed by atoms with Crippen LogP contribution in [0.2, 0.25) is 0 Å². The summed E-state index contributed by atoms with van der Waals surface area (Å²) in [6.45, 7) is 4.13. The van der Waals surface area contributed by atoms with Crippen LogP contribution in [0.4, 0.5) is 13.2 Å². The van der Waals surface area contributed by atoms with Crippen LogP contribution < -0.4 is 10.6 Å². The van der Waals surface area contributed by atoms with Gasteiger partial charge < -0.3 is 15.2 Å². The molecule has 21 heavy (non-hydrogen) atoms. The first-order valence-electron chi connectivity index (χ1n) is 6.75. The van der Waals surface area contributed by atoms with Crippen molar-refractivity contribution in [2.45, 2.75) is 39.5 Å². The van der Waals surface area contributed by atoms with Gasteiger partial charge in [-0.05, 0) is 13.8 Å². The van der Waals surface area contributed by atoms with Gasteiger partial charge in [-0.15, -0.1) is 0 Å². The Morgan fingerprint density at radius 1 is 1.43 bits per heavy atom. The third kappa shape index (κ3) is 3.04. The molecule has 2 heterocycles. The number of imidazole rings is 1. The molecule has 0 saturated carbocycles. The number of fused-ring (bicyclic) bond motifs is 1. The predicted octanol–water partition coefficient (Wildman–Crippen LogP) is 1.32. The topological polar surface area (TPSA) is 59.0 Å². The molecule has 1 amide bonds. The van der Waals surface area contributed by atoms with Gasteiger partial charge in [-0.2, -0.15) is 13.2 Å². The van der Waals surface area contributed by atoms with Crippen LogP contribution in [0.15, 0.2) is 0 Å². The average Bonchev–Trinajstić information content (AvgIpc) is 2.76. The van der Waals surface area contributed by atoms with E-state index in [1.54, 1.807) is 13.8 Å². The second-order valence-corrected chi connectivity index (χ2v) is 5.80. The number of hydrogen-bond donors (Lipinski definition) is 2. The van der Waals surface area contributed by atoms with E-state index in [1.165, 1.54) is 7.05 Å². The summed E-state index contributed by atoms with van der Waals surface area (Å²) in [5.74, 6) is -1.22. The lowest BCUT2D eigenvalue weighted by Gasteiger charge is -2.26. The van der Waals surface area contributed by atoms with E-state index in [9.17, 15) is 18.0 Å². The number of rotatable bonds is 3. The second kappa shape index (κ2) is 5.32. The van der Waals surface area contributed by atoms with E-state index in [4.69, 9.17) is 0 Å². The predicted molar refractivity (Wildman–Crippen MR) is 70.5 cm³/mol. The van der Waals surface area contributed by atoms with Crippen molar-refractivity contribution in [1.82, 2.24) is 20.2 Å². The number of nitrogens with one attached hydrogen (secondary N) is 2. The zero-order valence-electron chi connectivity index (χ0n) is 12.3. The van der Waals surface area contributed by atoms with Crippen LogP contribution in [0.25, 0.3) is 0 Å². The summed E-state index contributed by atoms with van der Waals surface area (Å²) in [5.41, 5.74) is 0.0352. The van der Waals surface area contributed by atoms with Gasteiger partial charge in [0.1, 0.15) is 0 Å². The molecular weight excluding hydrogens is 285 g/mol. The van der Waals surface area contributed by atoms with Gasteiger partial charge in [0.05, 0.1) is 11.1 Å². The second-order valence-electron chi connectivity index (χ2n) is 5.80. The van der Waals surface area contributed by atoms with E-state index in [-0.39, 0.29) is 12.5 Å². The highest BCUT2D eigenvalue weighted by Gasteiger charge is 2.41. The number of halogens is 3. The number of carbonyl (C=O) groups excluding carboxylic acids is 1. The van der Waals surface area contributed by atoms with Crippen molar-refractivity contribution in [3.8, 4) is 0 Å². The molecule has 0 spiro atoms. The van der Waals surface area contributed by atoms with Crippen LogP contribution >= 0.6 is 0 Å². The molecule has 2 N–H and O–H groups in total. The largest absolute Gasteiger partial charge is 0.449 e. The van der Waals surface area contributed by atoms with Crippen molar-refractivity contribution < 1.29 is 18.0 Å². The first-order valence-corrected chi connectivity index (χ1v) is 6.75. The number of amides is 1. The molecule has 0 aromatic carbocycles. The zero-order chi connectivity index (χ0) is 15.8. The number of aromatic nitrogens is 2. The third-order valence-corrected chi connectivity index (χ3v) is 3.64. The Hall–Kier alpha value is -1.57. The molecule has 0 unspecified atom stereocenters. The van der Waals surface area contributed by atoms with Crippen LogP contribution in [0, 0.1) is 5.41 Å². The van der Waals surface area contributed by atoms with Gasteiger partial charge in [0.25, 0.3) is 0 Å². The lowest BCUT2D eigenvalue weighted by Crippen LogP contribution is -2.39. The monoisotopic (exact) mass is 304 g/mol. The van der Waals surface area contributed by atoms with E-state index < -0.39 is 17.4 Å². The smallest absolute Gasteiger partial charge is 0.359 e. The summed E-state index contributed by atoms with van der Waals surface area (Å²) in [6, 6.07) is 0. The molecule has 0 saturated heterocycles. The molecule has 0 aliphatic carbocycles. The molecule has 0 bridgehead atoms. The summed E-state index contributed by atoms with van der Waals surface area (Å²) in [4.78, 5) is 15.6. The van der Waals surface area contributed by atoms with E-state index >= 15 is 0 Å². The maximum Gasteiger partial charge on any atom is 0.449 e. The molecule has 1 aliphatic rings. The number of carbonyl (C=O) groups is 1. The highest BCUT2D eigenvalue weighted by atomic mass is 19.4. The SMILES string of the molecule is CNC(=O)C(C)(C)Cn1c(C(F)(F)F)nc2c1CCNC2. The molecule has 8 heteroatoms. The Balaban J connectivity index is 2.46. The Morgan fingerprint density at radius 3 is 2.67 bits per heavy atom. The molecule has 2 rings (SSSR count). The fourth-order valence-corrected chi connectivity index (χ4v) is 2.56. The summed E-state index contributed by atoms with van der Waals surface area (Å²) in [7, 11) is 1.47. The van der Waals surface area contributed by atoms with Crippen LogP contribution in [0.1, 0.15) is 31.1 Å². The van der Waals surface area contributed by atoms with Gasteiger partial charge >= 0.3 is 6.18 Å². The quantitative estimate of drug-likeness (QED) is 0.885. The Kier molecular flexibility index (Phi) is 4.01. The van der Waals surface area contributed by atoms with E-state index in [2.05, 4.69) is 15.6 Å².